The van der Waals surface area contributed by atoms with E-state index in [1.807, 2.05) is 67.5 Å². The molecule has 5 heteroatoms. The van der Waals surface area contributed by atoms with Crippen molar-refractivity contribution in [3.63, 3.8) is 0 Å². The summed E-state index contributed by atoms with van der Waals surface area (Å²) < 4.78 is 0. The van der Waals surface area contributed by atoms with Crippen molar-refractivity contribution in [1.82, 2.24) is 10.3 Å². The number of anilines is 1. The Morgan fingerprint density at radius 1 is 1.08 bits per heavy atom. The van der Waals surface area contributed by atoms with Gasteiger partial charge >= 0.3 is 0 Å². The summed E-state index contributed by atoms with van der Waals surface area (Å²) in [6.45, 7) is 0.186. The Bertz CT molecular complexity index is 944. The molecule has 2 aromatic carbocycles. The number of benzene rings is 2. The van der Waals surface area contributed by atoms with Gasteiger partial charge in [0.1, 0.15) is 0 Å². The number of para-hydroxylation sites is 1. The molecule has 0 unspecified atom stereocenters. The van der Waals surface area contributed by atoms with Crippen LogP contribution < -0.4 is 15.8 Å². The van der Waals surface area contributed by atoms with E-state index in [0.717, 1.165) is 16.6 Å². The van der Waals surface area contributed by atoms with Crippen molar-refractivity contribution in [2.75, 3.05) is 19.0 Å². The standard InChI is InChI=1S/C19H19N3O2/c1-22(2)16-8-5-7-14(11-16)18(23)20-12-15-10-13-6-3-4-9-17(13)21-19(15)24/h3-11H,12H2,1-2H3,(H,20,23)(H,21,24). The van der Waals surface area contributed by atoms with Crippen molar-refractivity contribution in [2.45, 2.75) is 6.54 Å². The van der Waals surface area contributed by atoms with Crippen LogP contribution in [0, 0.1) is 0 Å². The molecule has 0 spiro atoms. The van der Waals surface area contributed by atoms with Crippen LogP contribution in [0.5, 0.6) is 0 Å². The molecule has 0 atom stereocenters. The number of aromatic amines is 1. The smallest absolute Gasteiger partial charge is 0.253 e. The summed E-state index contributed by atoms with van der Waals surface area (Å²) >= 11 is 0. The van der Waals surface area contributed by atoms with Gasteiger partial charge in [-0.1, -0.05) is 24.3 Å². The molecule has 122 valence electrons. The molecule has 0 bridgehead atoms. The van der Waals surface area contributed by atoms with Crippen LogP contribution in [0.3, 0.4) is 0 Å². The van der Waals surface area contributed by atoms with Crippen LogP contribution in [-0.2, 0) is 6.54 Å². The Hall–Kier alpha value is -3.08. The van der Waals surface area contributed by atoms with E-state index in [2.05, 4.69) is 10.3 Å². The lowest BCUT2D eigenvalue weighted by atomic mass is 10.1. The highest BCUT2D eigenvalue weighted by molar-refractivity contribution is 5.95. The molecule has 0 saturated heterocycles. The molecule has 3 rings (SSSR count). The molecule has 0 fully saturated rings. The second-order valence-electron chi connectivity index (χ2n) is 5.84. The van der Waals surface area contributed by atoms with Gasteiger partial charge in [-0.3, -0.25) is 9.59 Å². The maximum absolute atomic E-state index is 12.3. The van der Waals surface area contributed by atoms with E-state index < -0.39 is 0 Å². The number of H-pyrrole nitrogens is 1. The van der Waals surface area contributed by atoms with Crippen molar-refractivity contribution in [3.8, 4) is 0 Å². The van der Waals surface area contributed by atoms with Crippen LogP contribution in [0.25, 0.3) is 10.9 Å². The summed E-state index contributed by atoms with van der Waals surface area (Å²) in [5.74, 6) is -0.203. The Balaban J connectivity index is 1.78. The second-order valence-corrected chi connectivity index (χ2v) is 5.84. The Morgan fingerprint density at radius 3 is 2.67 bits per heavy atom. The zero-order valence-electron chi connectivity index (χ0n) is 13.7. The number of carbonyl (C=O) groups excluding carboxylic acids is 1. The van der Waals surface area contributed by atoms with Gasteiger partial charge < -0.3 is 15.2 Å². The molecule has 3 aromatic rings. The van der Waals surface area contributed by atoms with Gasteiger partial charge in [0, 0.05) is 43.0 Å². The van der Waals surface area contributed by atoms with E-state index in [1.165, 1.54) is 0 Å². The van der Waals surface area contributed by atoms with Crippen LogP contribution >= 0.6 is 0 Å². The molecule has 0 aliphatic carbocycles. The van der Waals surface area contributed by atoms with Crippen LogP contribution in [0.1, 0.15) is 15.9 Å². The number of carbonyl (C=O) groups is 1. The van der Waals surface area contributed by atoms with E-state index in [-0.39, 0.29) is 18.0 Å². The maximum Gasteiger partial charge on any atom is 0.253 e. The quantitative estimate of drug-likeness (QED) is 0.776. The largest absolute Gasteiger partial charge is 0.378 e. The fourth-order valence-electron chi connectivity index (χ4n) is 2.53. The van der Waals surface area contributed by atoms with E-state index in [0.29, 0.717) is 11.1 Å². The summed E-state index contributed by atoms with van der Waals surface area (Å²) in [5, 5.41) is 3.75. The first-order chi connectivity index (χ1) is 11.5. The lowest BCUT2D eigenvalue weighted by Crippen LogP contribution is -2.26. The SMILES string of the molecule is CN(C)c1cccc(C(=O)NCc2cc3ccccc3[nH]c2=O)c1. The molecule has 24 heavy (non-hydrogen) atoms. The van der Waals surface area contributed by atoms with Crippen molar-refractivity contribution in [1.29, 1.82) is 0 Å². The third kappa shape index (κ3) is 3.30. The first-order valence-electron chi connectivity index (χ1n) is 7.71. The predicted octanol–water partition coefficient (Wildman–Crippen LogP) is 2.52. The van der Waals surface area contributed by atoms with Crippen LogP contribution in [0.2, 0.25) is 0 Å². The number of nitrogens with one attached hydrogen (secondary N) is 2. The average molecular weight is 321 g/mol. The molecule has 0 saturated carbocycles. The Labute approximate surface area is 139 Å². The highest BCUT2D eigenvalue weighted by Gasteiger charge is 2.09. The summed E-state index contributed by atoms with van der Waals surface area (Å²) in [6.07, 6.45) is 0. The van der Waals surface area contributed by atoms with Crippen molar-refractivity contribution >= 4 is 22.5 Å². The molecule has 0 aliphatic rings. The van der Waals surface area contributed by atoms with Crippen LogP contribution in [0.15, 0.2) is 59.4 Å². The molecular formula is C19H19N3O2. The zero-order valence-corrected chi connectivity index (χ0v) is 13.7. The zero-order chi connectivity index (χ0) is 17.1. The molecule has 1 heterocycles. The highest BCUT2D eigenvalue weighted by atomic mass is 16.1. The molecule has 2 N–H and O–H groups in total. The third-order valence-corrected chi connectivity index (χ3v) is 3.89. The van der Waals surface area contributed by atoms with Crippen molar-refractivity contribution in [3.05, 3.63) is 76.1 Å². The first kappa shape index (κ1) is 15.8. The lowest BCUT2D eigenvalue weighted by Gasteiger charge is -2.13. The summed E-state index contributed by atoms with van der Waals surface area (Å²) in [5.41, 5.74) is 2.66. The number of nitrogens with zero attached hydrogens (tertiary/aromatic N) is 1. The monoisotopic (exact) mass is 321 g/mol. The highest BCUT2D eigenvalue weighted by Crippen LogP contribution is 2.14. The van der Waals surface area contributed by atoms with E-state index in [9.17, 15) is 9.59 Å². The molecular weight excluding hydrogens is 302 g/mol. The first-order valence-corrected chi connectivity index (χ1v) is 7.71. The van der Waals surface area contributed by atoms with E-state index >= 15 is 0 Å². The van der Waals surface area contributed by atoms with E-state index in [4.69, 9.17) is 0 Å². The van der Waals surface area contributed by atoms with Crippen LogP contribution in [0.4, 0.5) is 5.69 Å². The second kappa shape index (κ2) is 6.58. The maximum atomic E-state index is 12.3. The summed E-state index contributed by atoms with van der Waals surface area (Å²) in [6, 6.07) is 16.7. The number of fused-ring (bicyclic) bond motifs is 1. The van der Waals surface area contributed by atoms with Gasteiger partial charge in [0.25, 0.3) is 11.5 Å². The lowest BCUT2D eigenvalue weighted by molar-refractivity contribution is 0.0951. The van der Waals surface area contributed by atoms with E-state index in [1.54, 1.807) is 6.07 Å². The third-order valence-electron chi connectivity index (χ3n) is 3.89. The minimum absolute atomic E-state index is 0.184. The van der Waals surface area contributed by atoms with Crippen molar-refractivity contribution in [2.24, 2.45) is 0 Å². The molecule has 1 amide bonds. The predicted molar refractivity (Wildman–Crippen MR) is 96.5 cm³/mol. The topological polar surface area (TPSA) is 65.2 Å². The minimum Gasteiger partial charge on any atom is -0.378 e. The fourth-order valence-corrected chi connectivity index (χ4v) is 2.53. The van der Waals surface area contributed by atoms with Gasteiger partial charge in [0.15, 0.2) is 0 Å². The number of hydrogen-bond donors (Lipinski definition) is 2. The van der Waals surface area contributed by atoms with Gasteiger partial charge in [-0.05, 0) is 35.7 Å². The normalized spacial score (nSPS) is 10.6. The molecule has 1 aromatic heterocycles. The Kier molecular flexibility index (Phi) is 4.33. The summed E-state index contributed by atoms with van der Waals surface area (Å²) in [4.78, 5) is 29.2. The number of aromatic nitrogens is 1. The minimum atomic E-state index is -0.203. The average Bonchev–Trinajstić information content (AvgIpc) is 2.59. The van der Waals surface area contributed by atoms with Crippen LogP contribution in [-0.4, -0.2) is 25.0 Å². The van der Waals surface area contributed by atoms with Gasteiger partial charge in [-0.25, -0.2) is 0 Å². The summed E-state index contributed by atoms with van der Waals surface area (Å²) in [7, 11) is 3.84. The number of rotatable bonds is 4. The molecule has 5 nitrogen and oxygen atoms in total. The number of pyridine rings is 1. The van der Waals surface area contributed by atoms with Crippen molar-refractivity contribution < 1.29 is 4.79 Å². The Morgan fingerprint density at radius 2 is 1.88 bits per heavy atom. The fraction of sp³-hybridized carbons (Fsp3) is 0.158. The molecule has 0 aliphatic heterocycles. The van der Waals surface area contributed by atoms with Gasteiger partial charge in [0.2, 0.25) is 0 Å². The van der Waals surface area contributed by atoms with Gasteiger partial charge in [0.05, 0.1) is 0 Å². The van der Waals surface area contributed by atoms with Gasteiger partial charge in [-0.2, -0.15) is 0 Å². The number of amides is 1. The molecule has 0 radical (unpaired) electrons. The van der Waals surface area contributed by atoms with Gasteiger partial charge in [-0.15, -0.1) is 0 Å². The number of hydrogen-bond acceptors (Lipinski definition) is 3.